The van der Waals surface area contributed by atoms with Crippen molar-refractivity contribution >= 4 is 28.9 Å². The maximum absolute atomic E-state index is 13.1. The number of hydrogen-bond acceptors (Lipinski definition) is 7. The Balaban J connectivity index is 1.78. The average molecular weight is 389 g/mol. The van der Waals surface area contributed by atoms with Crippen LogP contribution >= 0.6 is 0 Å². The van der Waals surface area contributed by atoms with Crippen molar-refractivity contribution in [2.75, 3.05) is 16.5 Å². The maximum atomic E-state index is 13.1. The van der Waals surface area contributed by atoms with Gasteiger partial charge < -0.3 is 11.1 Å². The van der Waals surface area contributed by atoms with Crippen LogP contribution < -0.4 is 21.9 Å². The van der Waals surface area contributed by atoms with Gasteiger partial charge in [0.25, 0.3) is 5.91 Å². The molecule has 3 rings (SSSR count). The van der Waals surface area contributed by atoms with Crippen LogP contribution in [-0.2, 0) is 6.18 Å². The number of alkyl halides is 3. The Bertz CT molecular complexity index is 980. The minimum absolute atomic E-state index is 0.0132. The number of carbonyl (C=O) groups is 1. The first kappa shape index (κ1) is 18.9. The summed E-state index contributed by atoms with van der Waals surface area (Å²) >= 11 is 0. The number of halogens is 3. The predicted molar refractivity (Wildman–Crippen MR) is 96.5 cm³/mol. The standard InChI is InChI=1S/C17H14F3N7O/c18-17(19,20)11-5-1-2-6-12(11)25-14-13(21)15(24-9-23-14)26-27-16(28)10-4-3-7-22-8-10/h1-9H,21H2,(H,27,28)(H2,23,24,25,26). The Morgan fingerprint density at radius 2 is 1.79 bits per heavy atom. The Hall–Kier alpha value is -3.89. The molecule has 5 N–H and O–H groups in total. The smallest absolute Gasteiger partial charge is 0.393 e. The van der Waals surface area contributed by atoms with Crippen molar-refractivity contribution in [3.8, 4) is 0 Å². The van der Waals surface area contributed by atoms with E-state index in [4.69, 9.17) is 5.73 Å². The number of nitrogens with one attached hydrogen (secondary N) is 3. The Morgan fingerprint density at radius 1 is 1.04 bits per heavy atom. The van der Waals surface area contributed by atoms with Crippen molar-refractivity contribution in [1.29, 1.82) is 0 Å². The van der Waals surface area contributed by atoms with Gasteiger partial charge in [-0.25, -0.2) is 9.97 Å². The van der Waals surface area contributed by atoms with Crippen LogP contribution in [0, 0.1) is 0 Å². The van der Waals surface area contributed by atoms with Gasteiger partial charge in [0.15, 0.2) is 11.6 Å². The van der Waals surface area contributed by atoms with Crippen LogP contribution in [0.2, 0.25) is 0 Å². The van der Waals surface area contributed by atoms with Crippen molar-refractivity contribution in [1.82, 2.24) is 20.4 Å². The first-order valence-electron chi connectivity index (χ1n) is 7.86. The second-order valence-electron chi connectivity index (χ2n) is 5.47. The van der Waals surface area contributed by atoms with E-state index in [2.05, 4.69) is 31.1 Å². The molecule has 0 atom stereocenters. The van der Waals surface area contributed by atoms with E-state index in [1.54, 1.807) is 12.1 Å². The third kappa shape index (κ3) is 4.26. The van der Waals surface area contributed by atoms with Gasteiger partial charge in [-0.05, 0) is 24.3 Å². The number of nitrogen functional groups attached to an aromatic ring is 1. The van der Waals surface area contributed by atoms with E-state index in [1.165, 1.54) is 30.6 Å². The summed E-state index contributed by atoms with van der Waals surface area (Å²) in [4.78, 5) is 23.6. The van der Waals surface area contributed by atoms with E-state index in [1.807, 2.05) is 0 Å². The number of rotatable bonds is 5. The lowest BCUT2D eigenvalue weighted by molar-refractivity contribution is -0.136. The predicted octanol–water partition coefficient (Wildman–Crippen LogP) is 2.97. The molecule has 0 bridgehead atoms. The molecule has 0 radical (unpaired) electrons. The molecule has 2 aromatic heterocycles. The third-order valence-electron chi connectivity index (χ3n) is 3.59. The summed E-state index contributed by atoms with van der Waals surface area (Å²) in [7, 11) is 0. The Labute approximate surface area is 157 Å². The number of benzene rings is 1. The number of hydrogen-bond donors (Lipinski definition) is 4. The Morgan fingerprint density at radius 3 is 2.50 bits per heavy atom. The molecular weight excluding hydrogens is 375 g/mol. The van der Waals surface area contributed by atoms with E-state index in [-0.39, 0.29) is 23.0 Å². The fraction of sp³-hybridized carbons (Fsp3) is 0.0588. The molecule has 0 aliphatic rings. The number of amides is 1. The zero-order chi connectivity index (χ0) is 20.1. The van der Waals surface area contributed by atoms with Gasteiger partial charge in [0.1, 0.15) is 12.0 Å². The maximum Gasteiger partial charge on any atom is 0.418 e. The van der Waals surface area contributed by atoms with Crippen molar-refractivity contribution in [2.24, 2.45) is 0 Å². The topological polar surface area (TPSA) is 118 Å². The van der Waals surface area contributed by atoms with Crippen LogP contribution in [-0.4, -0.2) is 20.9 Å². The molecule has 0 saturated carbocycles. The number of anilines is 4. The molecule has 2 heterocycles. The van der Waals surface area contributed by atoms with Crippen LogP contribution in [0.5, 0.6) is 0 Å². The molecule has 0 unspecified atom stereocenters. The zero-order valence-electron chi connectivity index (χ0n) is 14.2. The monoisotopic (exact) mass is 389 g/mol. The summed E-state index contributed by atoms with van der Waals surface area (Å²) < 4.78 is 39.4. The highest BCUT2D eigenvalue weighted by molar-refractivity contribution is 5.94. The minimum atomic E-state index is -4.55. The molecule has 0 aliphatic carbocycles. The molecule has 0 spiro atoms. The minimum Gasteiger partial charge on any atom is -0.393 e. The van der Waals surface area contributed by atoms with Gasteiger partial charge in [0.05, 0.1) is 16.8 Å². The van der Waals surface area contributed by atoms with Gasteiger partial charge in [0.2, 0.25) is 0 Å². The summed E-state index contributed by atoms with van der Waals surface area (Å²) in [5, 5.41) is 2.55. The number of carbonyl (C=O) groups excluding carboxylic acids is 1. The van der Waals surface area contributed by atoms with Crippen molar-refractivity contribution in [2.45, 2.75) is 6.18 Å². The van der Waals surface area contributed by atoms with Crippen molar-refractivity contribution < 1.29 is 18.0 Å². The van der Waals surface area contributed by atoms with Crippen LogP contribution in [0.15, 0.2) is 55.1 Å². The molecule has 0 fully saturated rings. The number of nitrogens with two attached hydrogens (primary N) is 1. The molecule has 11 heteroatoms. The molecule has 1 aromatic carbocycles. The lowest BCUT2D eigenvalue weighted by Crippen LogP contribution is -2.30. The highest BCUT2D eigenvalue weighted by Gasteiger charge is 2.33. The normalized spacial score (nSPS) is 11.0. The first-order chi connectivity index (χ1) is 13.4. The molecule has 28 heavy (non-hydrogen) atoms. The van der Waals surface area contributed by atoms with Crippen molar-refractivity contribution in [3.63, 3.8) is 0 Å². The number of para-hydroxylation sites is 1. The molecule has 0 aliphatic heterocycles. The molecule has 0 saturated heterocycles. The SMILES string of the molecule is Nc1c(NNC(=O)c2cccnc2)ncnc1Nc1ccccc1C(F)(F)F. The van der Waals surface area contributed by atoms with Crippen molar-refractivity contribution in [3.05, 3.63) is 66.2 Å². The third-order valence-corrected chi connectivity index (χ3v) is 3.59. The van der Waals surface area contributed by atoms with E-state index < -0.39 is 17.6 Å². The molecule has 8 nitrogen and oxygen atoms in total. The van der Waals surface area contributed by atoms with E-state index >= 15 is 0 Å². The number of nitrogens with zero attached hydrogens (tertiary/aromatic N) is 3. The van der Waals surface area contributed by atoms with Crippen LogP contribution in [0.1, 0.15) is 15.9 Å². The lowest BCUT2D eigenvalue weighted by atomic mass is 10.1. The fourth-order valence-corrected chi connectivity index (χ4v) is 2.25. The Kier molecular flexibility index (Phi) is 5.25. The highest BCUT2D eigenvalue weighted by Crippen LogP contribution is 2.36. The van der Waals surface area contributed by atoms with Gasteiger partial charge in [-0.1, -0.05) is 12.1 Å². The number of pyridine rings is 1. The largest absolute Gasteiger partial charge is 0.418 e. The number of hydrazine groups is 1. The molecule has 144 valence electrons. The van der Waals surface area contributed by atoms with E-state index in [9.17, 15) is 18.0 Å². The molecule has 3 aromatic rings. The highest BCUT2D eigenvalue weighted by atomic mass is 19.4. The van der Waals surface area contributed by atoms with Crippen LogP contribution in [0.4, 0.5) is 36.2 Å². The second kappa shape index (κ2) is 7.78. The zero-order valence-corrected chi connectivity index (χ0v) is 14.2. The van der Waals surface area contributed by atoms with Gasteiger partial charge in [-0.2, -0.15) is 13.2 Å². The van der Waals surface area contributed by atoms with E-state index in [0.29, 0.717) is 5.56 Å². The summed E-state index contributed by atoms with van der Waals surface area (Å²) in [6.07, 6.45) is -0.581. The summed E-state index contributed by atoms with van der Waals surface area (Å²) in [6.45, 7) is 0. The number of aromatic nitrogens is 3. The van der Waals surface area contributed by atoms with Gasteiger partial charge >= 0.3 is 6.18 Å². The fourth-order valence-electron chi connectivity index (χ4n) is 2.25. The average Bonchev–Trinajstić information content (AvgIpc) is 2.68. The summed E-state index contributed by atoms with van der Waals surface area (Å²) in [5.74, 6) is -0.535. The lowest BCUT2D eigenvalue weighted by Gasteiger charge is -2.16. The van der Waals surface area contributed by atoms with Crippen LogP contribution in [0.3, 0.4) is 0 Å². The molecule has 1 amide bonds. The van der Waals surface area contributed by atoms with Gasteiger partial charge in [-0.15, -0.1) is 0 Å². The second-order valence-corrected chi connectivity index (χ2v) is 5.47. The van der Waals surface area contributed by atoms with Gasteiger partial charge in [-0.3, -0.25) is 20.6 Å². The summed E-state index contributed by atoms with van der Waals surface area (Å²) in [6, 6.07) is 8.05. The first-order valence-corrected chi connectivity index (χ1v) is 7.86. The van der Waals surface area contributed by atoms with E-state index in [0.717, 1.165) is 12.4 Å². The summed E-state index contributed by atoms with van der Waals surface area (Å²) in [5.41, 5.74) is 9.94. The van der Waals surface area contributed by atoms with Gasteiger partial charge in [0, 0.05) is 12.4 Å². The van der Waals surface area contributed by atoms with Crippen LogP contribution in [0.25, 0.3) is 0 Å². The molecular formula is C17H14F3N7O. The quantitative estimate of drug-likeness (QED) is 0.496.